The molecule has 3 aromatic heterocycles. The fourth-order valence-corrected chi connectivity index (χ4v) is 21.9. The Bertz CT molecular complexity index is 9970. The first-order valence-electron chi connectivity index (χ1n) is 47.2. The van der Waals surface area contributed by atoms with Crippen LogP contribution in [0.25, 0.3) is 217 Å². The van der Waals surface area contributed by atoms with Crippen LogP contribution in [0.5, 0.6) is 0 Å². The van der Waals surface area contributed by atoms with Gasteiger partial charge in [-0.15, -0.1) is 0 Å². The molecule has 3 heterocycles. The molecular formula is C132H83N3O3. The summed E-state index contributed by atoms with van der Waals surface area (Å²) in [5.41, 5.74) is 20.2. The quantitative estimate of drug-likeness (QED) is 0.120. The Kier molecular flexibility index (Phi) is 18.9. The molecule has 0 fully saturated rings. The minimum Gasteiger partial charge on any atom is -0.455 e. The first-order chi connectivity index (χ1) is 68.4. The Balaban J connectivity index is 0.000000106. The van der Waals surface area contributed by atoms with E-state index < -0.39 is 0 Å². The minimum absolute atomic E-state index is 0.871. The number of anilines is 9. The lowest BCUT2D eigenvalue weighted by atomic mass is 9.85. The van der Waals surface area contributed by atoms with Crippen LogP contribution in [0.15, 0.2) is 517 Å². The predicted molar refractivity (Wildman–Crippen MR) is 586 cm³/mol. The van der Waals surface area contributed by atoms with Crippen molar-refractivity contribution < 1.29 is 13.3 Å². The third-order valence-corrected chi connectivity index (χ3v) is 28.2. The van der Waals surface area contributed by atoms with Crippen LogP contribution in [0.3, 0.4) is 0 Å². The van der Waals surface area contributed by atoms with Gasteiger partial charge in [0.05, 0.1) is 22.7 Å². The summed E-state index contributed by atoms with van der Waals surface area (Å²) in [4.78, 5) is 7.14. The van der Waals surface area contributed by atoms with Crippen molar-refractivity contribution in [2.75, 3.05) is 14.7 Å². The van der Waals surface area contributed by atoms with Gasteiger partial charge in [-0.25, -0.2) is 0 Å². The first kappa shape index (κ1) is 79.4. The van der Waals surface area contributed by atoms with E-state index >= 15 is 0 Å². The molecule has 0 unspecified atom stereocenters. The van der Waals surface area contributed by atoms with Crippen LogP contribution in [0.1, 0.15) is 0 Å². The van der Waals surface area contributed by atoms with E-state index in [9.17, 15) is 0 Å². The molecule has 0 aliphatic heterocycles. The molecule has 0 saturated carbocycles. The van der Waals surface area contributed by atoms with Gasteiger partial charge in [0.2, 0.25) is 0 Å². The molecule has 6 heteroatoms. The molecule has 0 saturated heterocycles. The van der Waals surface area contributed by atoms with Crippen molar-refractivity contribution in [3.8, 4) is 22.3 Å². The molecule has 0 radical (unpaired) electrons. The van der Waals surface area contributed by atoms with Crippen molar-refractivity contribution in [3.63, 3.8) is 0 Å². The molecule has 29 rings (SSSR count). The van der Waals surface area contributed by atoms with Crippen LogP contribution >= 0.6 is 0 Å². The highest BCUT2D eigenvalue weighted by molar-refractivity contribution is 6.24. The lowest BCUT2D eigenvalue weighted by Crippen LogP contribution is -2.11. The molecule has 6 nitrogen and oxygen atoms in total. The van der Waals surface area contributed by atoms with E-state index in [1.54, 1.807) is 0 Å². The van der Waals surface area contributed by atoms with E-state index in [1.807, 2.05) is 0 Å². The fraction of sp³-hybridized carbons (Fsp3) is 0. The Morgan fingerprint density at radius 2 is 0.377 bits per heavy atom. The second kappa shape index (κ2) is 32.8. The van der Waals surface area contributed by atoms with Gasteiger partial charge in [-0.1, -0.05) is 382 Å². The maximum absolute atomic E-state index is 6.70. The zero-order chi connectivity index (χ0) is 90.8. The maximum atomic E-state index is 6.70. The molecule has 26 aromatic carbocycles. The van der Waals surface area contributed by atoms with Gasteiger partial charge in [0.1, 0.15) is 33.5 Å². The van der Waals surface area contributed by atoms with Crippen LogP contribution in [0.2, 0.25) is 0 Å². The lowest BCUT2D eigenvalue weighted by Gasteiger charge is -2.28. The number of furan rings is 3. The van der Waals surface area contributed by atoms with Gasteiger partial charge in [-0.2, -0.15) is 0 Å². The topological polar surface area (TPSA) is 49.1 Å². The Labute approximate surface area is 794 Å². The number of benzene rings is 26. The van der Waals surface area contributed by atoms with Crippen LogP contribution < -0.4 is 14.7 Å². The third-order valence-electron chi connectivity index (χ3n) is 28.2. The molecule has 0 spiro atoms. The average molecular weight is 1760 g/mol. The lowest BCUT2D eigenvalue weighted by molar-refractivity contribution is 0.672. The average Bonchev–Trinajstić information content (AvgIpc) is 1.32. The second-order valence-corrected chi connectivity index (χ2v) is 35.9. The molecular weight excluding hydrogens is 1680 g/mol. The largest absolute Gasteiger partial charge is 0.455 e. The summed E-state index contributed by atoms with van der Waals surface area (Å²) in [7, 11) is 0. The number of fused-ring (bicyclic) bond motifs is 27. The first-order valence-corrected chi connectivity index (χ1v) is 47.2. The maximum Gasteiger partial charge on any atom is 0.143 e. The molecule has 644 valence electrons. The van der Waals surface area contributed by atoms with Gasteiger partial charge >= 0.3 is 0 Å². The summed E-state index contributed by atoms with van der Waals surface area (Å²) >= 11 is 0. The van der Waals surface area contributed by atoms with Crippen LogP contribution in [-0.4, -0.2) is 0 Å². The van der Waals surface area contributed by atoms with Crippen LogP contribution in [0, 0.1) is 0 Å². The molecule has 0 N–H and O–H groups in total. The van der Waals surface area contributed by atoms with Crippen LogP contribution in [0.4, 0.5) is 51.2 Å². The van der Waals surface area contributed by atoms with Gasteiger partial charge in [0, 0.05) is 117 Å². The molecule has 0 bridgehead atoms. The Morgan fingerprint density at radius 3 is 0.812 bits per heavy atom. The zero-order valence-electron chi connectivity index (χ0n) is 75.0. The van der Waals surface area contributed by atoms with Gasteiger partial charge in [0.15, 0.2) is 0 Å². The SMILES string of the molecule is c1ccc(-c2c(-c3ccc(N(c4ccc5c(c4)oc4c6ccccc6ccc54)c4cccc5ccccc45)cc3)c3ccccc3c3ccccc23)cc1.c1ccc2c(N(c3ccc4c(c3)oc3c5ccccc5ccc43)c3cc4ccccc4c4ccccc34)cccc2c1.c1ccc2c(N(c3ccc4c(ccc5ccccc54)c3)c3ccc4c(c3)oc3c5ccccc5ccc43)cccc2c1. The normalized spacial score (nSPS) is 11.8. The van der Waals surface area contributed by atoms with Crippen molar-refractivity contribution in [2.24, 2.45) is 0 Å². The number of hydrogen-bond donors (Lipinski definition) is 0. The molecule has 0 aliphatic carbocycles. The van der Waals surface area contributed by atoms with E-state index in [0.29, 0.717) is 0 Å². The summed E-state index contributed by atoms with van der Waals surface area (Å²) in [6.45, 7) is 0. The van der Waals surface area contributed by atoms with E-state index in [-0.39, 0.29) is 0 Å². The van der Waals surface area contributed by atoms with E-state index in [0.717, 1.165) is 133 Å². The summed E-state index contributed by atoms with van der Waals surface area (Å²) in [5, 5.41) is 35.9. The molecule has 0 atom stereocenters. The highest BCUT2D eigenvalue weighted by Gasteiger charge is 2.27. The van der Waals surface area contributed by atoms with Gasteiger partial charge in [0.25, 0.3) is 0 Å². The summed E-state index contributed by atoms with van der Waals surface area (Å²) < 4.78 is 20.0. The van der Waals surface area contributed by atoms with Gasteiger partial charge < -0.3 is 28.0 Å². The number of hydrogen-bond acceptors (Lipinski definition) is 6. The Hall–Kier alpha value is -18.4. The molecule has 0 amide bonds. The predicted octanol–water partition coefficient (Wildman–Crippen LogP) is 38.3. The van der Waals surface area contributed by atoms with Gasteiger partial charge in [-0.05, 0) is 217 Å². The van der Waals surface area contributed by atoms with E-state index in [4.69, 9.17) is 13.3 Å². The number of rotatable bonds is 11. The molecule has 0 aliphatic rings. The second-order valence-electron chi connectivity index (χ2n) is 35.9. The van der Waals surface area contributed by atoms with Crippen LogP contribution in [-0.2, 0) is 0 Å². The molecule has 29 aromatic rings. The minimum atomic E-state index is 0.871. The zero-order valence-corrected chi connectivity index (χ0v) is 75.0. The monoisotopic (exact) mass is 1760 g/mol. The summed E-state index contributed by atoms with van der Waals surface area (Å²) in [6.07, 6.45) is 0. The van der Waals surface area contributed by atoms with Crippen molar-refractivity contribution in [2.45, 2.75) is 0 Å². The highest BCUT2D eigenvalue weighted by Crippen LogP contribution is 2.52. The van der Waals surface area contributed by atoms with Crippen molar-refractivity contribution in [1.82, 2.24) is 0 Å². The summed E-state index contributed by atoms with van der Waals surface area (Å²) in [6, 6.07) is 181. The smallest absolute Gasteiger partial charge is 0.143 e. The number of nitrogens with zero attached hydrogens (tertiary/aromatic N) is 3. The van der Waals surface area contributed by atoms with Crippen molar-refractivity contribution in [1.29, 1.82) is 0 Å². The summed E-state index contributed by atoms with van der Waals surface area (Å²) in [5.74, 6) is 0. The van der Waals surface area contributed by atoms with Crippen molar-refractivity contribution in [3.05, 3.63) is 504 Å². The molecule has 138 heavy (non-hydrogen) atoms. The van der Waals surface area contributed by atoms with Crippen molar-refractivity contribution >= 4 is 246 Å². The van der Waals surface area contributed by atoms with E-state index in [2.05, 4.69) is 518 Å². The standard InChI is InChI=1S/C52H33NO.2C40H25NO/c1-2-15-36(16-3-1)50-45-22-10-8-20-42(45)43-21-9-11-23-46(43)51(50)37-25-28-38(29-26-37)53(48-24-12-17-34-13-4-6-18-40(34)48)39-30-32-44-47-31-27-35-14-5-7-19-41(35)52(47)54-49(44)33-39;1-5-15-31-26(10-1)13-9-19-37(31)41(38-24-28-12-3-4-14-30(28)33-17-7-8-18-34(33)38)29-21-23-35-36-22-20-27-11-2-6-16-32(27)40(36)42-39(35)25-29;1-4-12-32-27(9-1)16-17-29-24-30(19-22-33(29)32)41(38-15-7-11-26-8-2-5-13-34(26)38)31-20-23-36-37-21-18-28-10-3-6-14-35(28)40(37)42-39(36)25-31/h1-33H;2*1-25H. The van der Waals surface area contributed by atoms with Gasteiger partial charge in [-0.3, -0.25) is 0 Å². The Morgan fingerprint density at radius 1 is 0.123 bits per heavy atom. The van der Waals surface area contributed by atoms with E-state index in [1.165, 1.54) is 135 Å². The third kappa shape index (κ3) is 13.3. The highest BCUT2D eigenvalue weighted by atomic mass is 16.3. The fourth-order valence-electron chi connectivity index (χ4n) is 21.9.